The molecule has 0 unspecified atom stereocenters. The zero-order valence-corrected chi connectivity index (χ0v) is 9.11. The van der Waals surface area contributed by atoms with Crippen LogP contribution in [0.4, 0.5) is 5.69 Å². The van der Waals surface area contributed by atoms with Gasteiger partial charge in [0.15, 0.2) is 0 Å². The van der Waals surface area contributed by atoms with E-state index >= 15 is 0 Å². The first-order chi connectivity index (χ1) is 7.79. The van der Waals surface area contributed by atoms with Gasteiger partial charge in [0.25, 0.3) is 0 Å². The van der Waals surface area contributed by atoms with E-state index in [0.717, 1.165) is 9.92 Å². The van der Waals surface area contributed by atoms with Crippen molar-refractivity contribution >= 4 is 17.4 Å². The van der Waals surface area contributed by atoms with Crippen molar-refractivity contribution in [2.45, 2.75) is 9.92 Å². The molecule has 0 aliphatic rings. The molecule has 78 valence electrons. The molecule has 0 spiro atoms. The van der Waals surface area contributed by atoms with E-state index in [4.69, 9.17) is 11.0 Å². The van der Waals surface area contributed by atoms with Crippen LogP contribution in [0.15, 0.2) is 46.6 Å². The van der Waals surface area contributed by atoms with Crippen LogP contribution in [-0.4, -0.2) is 9.97 Å². The third kappa shape index (κ3) is 2.30. The minimum atomic E-state index is 0.388. The number of nitriles is 1. The lowest BCUT2D eigenvalue weighted by Gasteiger charge is -2.03. The summed E-state index contributed by atoms with van der Waals surface area (Å²) in [6.07, 6.45) is 3.28. The van der Waals surface area contributed by atoms with Crippen LogP contribution in [-0.2, 0) is 0 Å². The van der Waals surface area contributed by atoms with Crippen LogP contribution in [0.1, 0.15) is 5.69 Å². The molecule has 2 rings (SSSR count). The summed E-state index contributed by atoms with van der Waals surface area (Å²) in [7, 11) is 0. The van der Waals surface area contributed by atoms with Crippen LogP contribution in [0.5, 0.6) is 0 Å². The fourth-order valence-electron chi connectivity index (χ4n) is 1.14. The highest BCUT2D eigenvalue weighted by molar-refractivity contribution is 7.99. The monoisotopic (exact) mass is 228 g/mol. The molecule has 0 aromatic carbocycles. The van der Waals surface area contributed by atoms with Crippen LogP contribution in [0, 0.1) is 11.3 Å². The van der Waals surface area contributed by atoms with Gasteiger partial charge in [-0.1, -0.05) is 11.8 Å². The lowest BCUT2D eigenvalue weighted by molar-refractivity contribution is 1.13. The summed E-state index contributed by atoms with van der Waals surface area (Å²) in [6, 6.07) is 9.10. The largest absolute Gasteiger partial charge is 0.397 e. The summed E-state index contributed by atoms with van der Waals surface area (Å²) < 4.78 is 0. The topological polar surface area (TPSA) is 75.6 Å². The molecule has 5 heteroatoms. The fourth-order valence-corrected chi connectivity index (χ4v) is 1.96. The van der Waals surface area contributed by atoms with Crippen molar-refractivity contribution < 1.29 is 0 Å². The van der Waals surface area contributed by atoms with Crippen molar-refractivity contribution in [3.63, 3.8) is 0 Å². The Balaban J connectivity index is 2.28. The minimum Gasteiger partial charge on any atom is -0.397 e. The Morgan fingerprint density at radius 2 is 2.12 bits per heavy atom. The predicted octanol–water partition coefficient (Wildman–Crippen LogP) is 2.08. The molecular weight excluding hydrogens is 220 g/mol. The number of pyridine rings is 2. The maximum Gasteiger partial charge on any atom is 0.141 e. The summed E-state index contributed by atoms with van der Waals surface area (Å²) in [4.78, 5) is 8.96. The van der Waals surface area contributed by atoms with Gasteiger partial charge in [-0.05, 0) is 24.3 Å². The van der Waals surface area contributed by atoms with Crippen LogP contribution in [0.2, 0.25) is 0 Å². The van der Waals surface area contributed by atoms with Crippen LogP contribution in [0.25, 0.3) is 0 Å². The van der Waals surface area contributed by atoms with E-state index in [9.17, 15) is 0 Å². The molecule has 16 heavy (non-hydrogen) atoms. The molecule has 0 bridgehead atoms. The first-order valence-corrected chi connectivity index (χ1v) is 5.36. The van der Waals surface area contributed by atoms with E-state index in [1.165, 1.54) is 11.8 Å². The Kier molecular flexibility index (Phi) is 3.03. The van der Waals surface area contributed by atoms with Crippen LogP contribution in [0.3, 0.4) is 0 Å². The quantitative estimate of drug-likeness (QED) is 0.851. The Labute approximate surface area is 97.1 Å². The molecule has 0 fully saturated rings. The van der Waals surface area contributed by atoms with E-state index in [2.05, 4.69) is 9.97 Å². The summed E-state index contributed by atoms with van der Waals surface area (Å²) in [5.74, 6) is 0. The van der Waals surface area contributed by atoms with E-state index < -0.39 is 0 Å². The normalized spacial score (nSPS) is 9.69. The molecule has 0 saturated heterocycles. The zero-order valence-electron chi connectivity index (χ0n) is 8.29. The summed E-state index contributed by atoms with van der Waals surface area (Å²) >= 11 is 1.42. The van der Waals surface area contributed by atoms with Crippen molar-refractivity contribution in [3.05, 3.63) is 42.4 Å². The average Bonchev–Trinajstić information content (AvgIpc) is 2.32. The van der Waals surface area contributed by atoms with Gasteiger partial charge in [-0.3, -0.25) is 0 Å². The van der Waals surface area contributed by atoms with Gasteiger partial charge in [-0.25, -0.2) is 9.97 Å². The number of hydrogen-bond donors (Lipinski definition) is 1. The van der Waals surface area contributed by atoms with Gasteiger partial charge in [0, 0.05) is 17.3 Å². The third-order valence-corrected chi connectivity index (χ3v) is 2.89. The van der Waals surface area contributed by atoms with E-state index in [-0.39, 0.29) is 0 Å². The van der Waals surface area contributed by atoms with Crippen LogP contribution >= 0.6 is 11.8 Å². The number of nitrogens with two attached hydrogens (primary N) is 1. The van der Waals surface area contributed by atoms with E-state index in [1.54, 1.807) is 30.6 Å². The summed E-state index contributed by atoms with van der Waals surface area (Å²) in [5.41, 5.74) is 6.79. The number of aromatic nitrogens is 2. The molecule has 2 N–H and O–H groups in total. The van der Waals surface area contributed by atoms with Gasteiger partial charge >= 0.3 is 0 Å². The SMILES string of the molecule is N#Cc1cc(Sc2ncccc2N)ccn1. The molecule has 4 nitrogen and oxygen atoms in total. The summed E-state index contributed by atoms with van der Waals surface area (Å²) in [5, 5.41) is 9.45. The molecule has 0 amide bonds. The van der Waals surface area contributed by atoms with Gasteiger partial charge < -0.3 is 5.73 Å². The predicted molar refractivity (Wildman–Crippen MR) is 61.7 cm³/mol. The highest BCUT2D eigenvalue weighted by Gasteiger charge is 2.03. The fraction of sp³-hybridized carbons (Fsp3) is 0. The second kappa shape index (κ2) is 4.64. The Morgan fingerprint density at radius 1 is 1.25 bits per heavy atom. The summed E-state index contributed by atoms with van der Waals surface area (Å²) in [6.45, 7) is 0. The number of hydrogen-bond acceptors (Lipinski definition) is 5. The van der Waals surface area contributed by atoms with E-state index in [0.29, 0.717) is 11.4 Å². The Bertz CT molecular complexity index is 548. The van der Waals surface area contributed by atoms with Gasteiger partial charge in [-0.15, -0.1) is 0 Å². The molecular formula is C11H8N4S. The maximum atomic E-state index is 8.72. The van der Waals surface area contributed by atoms with Gasteiger partial charge in [0.1, 0.15) is 16.8 Å². The second-order valence-corrected chi connectivity index (χ2v) is 4.05. The van der Waals surface area contributed by atoms with Gasteiger partial charge in [-0.2, -0.15) is 5.26 Å². The highest BCUT2D eigenvalue weighted by Crippen LogP contribution is 2.29. The molecule has 0 saturated carbocycles. The highest BCUT2D eigenvalue weighted by atomic mass is 32.2. The number of nitrogen functional groups attached to an aromatic ring is 1. The first kappa shape index (κ1) is 10.5. The lowest BCUT2D eigenvalue weighted by atomic mass is 10.4. The smallest absolute Gasteiger partial charge is 0.141 e. The van der Waals surface area contributed by atoms with Crippen molar-refractivity contribution in [1.29, 1.82) is 5.26 Å². The molecule has 0 atom stereocenters. The standard InChI is InChI=1S/C11H8N4S/c12-7-8-6-9(3-5-14-8)16-11-10(13)2-1-4-15-11/h1-6H,13H2. The molecule has 2 aromatic heterocycles. The first-order valence-electron chi connectivity index (χ1n) is 4.54. The average molecular weight is 228 g/mol. The van der Waals surface area contributed by atoms with Crippen molar-refractivity contribution in [3.8, 4) is 6.07 Å². The molecule has 2 heterocycles. The van der Waals surface area contributed by atoms with E-state index in [1.807, 2.05) is 12.1 Å². The third-order valence-electron chi connectivity index (χ3n) is 1.86. The van der Waals surface area contributed by atoms with Gasteiger partial charge in [0.05, 0.1) is 5.69 Å². The maximum absolute atomic E-state index is 8.72. The zero-order chi connectivity index (χ0) is 11.4. The van der Waals surface area contributed by atoms with Crippen molar-refractivity contribution in [1.82, 2.24) is 9.97 Å². The van der Waals surface area contributed by atoms with Crippen molar-refractivity contribution in [2.75, 3.05) is 5.73 Å². The lowest BCUT2D eigenvalue weighted by Crippen LogP contribution is -1.90. The minimum absolute atomic E-state index is 0.388. The molecule has 0 aliphatic carbocycles. The molecule has 0 aliphatic heterocycles. The second-order valence-electron chi connectivity index (χ2n) is 2.99. The molecule has 2 aromatic rings. The Morgan fingerprint density at radius 3 is 2.88 bits per heavy atom. The number of rotatable bonds is 2. The Hall–Kier alpha value is -2.06. The van der Waals surface area contributed by atoms with Crippen LogP contribution < -0.4 is 5.73 Å². The number of anilines is 1. The van der Waals surface area contributed by atoms with Gasteiger partial charge in [0.2, 0.25) is 0 Å². The number of nitrogens with zero attached hydrogens (tertiary/aromatic N) is 3. The van der Waals surface area contributed by atoms with Crippen molar-refractivity contribution in [2.24, 2.45) is 0 Å². The molecule has 0 radical (unpaired) electrons.